The van der Waals surface area contributed by atoms with Crippen molar-refractivity contribution in [2.75, 3.05) is 0 Å². The van der Waals surface area contributed by atoms with Gasteiger partial charge in [-0.05, 0) is 13.0 Å². The monoisotopic (exact) mass is 315 g/mol. The highest BCUT2D eigenvalue weighted by atomic mass is 35.5. The Labute approximate surface area is 130 Å². The molecule has 0 spiro atoms. The summed E-state index contributed by atoms with van der Waals surface area (Å²) in [5.74, 6) is -0.615. The van der Waals surface area contributed by atoms with Gasteiger partial charge in [-0.1, -0.05) is 11.6 Å². The van der Waals surface area contributed by atoms with E-state index in [0.717, 1.165) is 0 Å². The van der Waals surface area contributed by atoms with Crippen LogP contribution in [0.15, 0.2) is 44.1 Å². The van der Waals surface area contributed by atoms with E-state index in [1.165, 1.54) is 17.4 Å². The summed E-state index contributed by atoms with van der Waals surface area (Å²) in [5, 5.41) is 20.8. The topological polar surface area (TPSA) is 73.5 Å². The largest absolute Gasteiger partial charge is 0.506 e. The fourth-order valence-corrected chi connectivity index (χ4v) is 3.14. The van der Waals surface area contributed by atoms with Gasteiger partial charge in [-0.3, -0.25) is 9.79 Å². The zero-order chi connectivity index (χ0) is 15.1. The van der Waals surface area contributed by atoms with Gasteiger partial charge in [0.25, 0.3) is 0 Å². The number of thiophene rings is 1. The van der Waals surface area contributed by atoms with Gasteiger partial charge in [-0.2, -0.15) is 5.26 Å². The molecule has 1 radical (unpaired) electrons. The number of hydrogen-bond acceptors (Lipinski definition) is 5. The van der Waals surface area contributed by atoms with Crippen molar-refractivity contribution in [3.8, 4) is 6.07 Å². The SMILES string of the molecule is CC1=[C]C2=C(C(=O)c3csc(C#N)c3)C(O)=C(Cl)CC2=N1. The average Bonchev–Trinajstić information content (AvgIpc) is 3.05. The van der Waals surface area contributed by atoms with E-state index in [4.69, 9.17) is 16.9 Å². The van der Waals surface area contributed by atoms with Crippen LogP contribution in [0.25, 0.3) is 0 Å². The molecule has 4 nitrogen and oxygen atoms in total. The van der Waals surface area contributed by atoms with Crippen LogP contribution in [0.3, 0.4) is 0 Å². The summed E-state index contributed by atoms with van der Waals surface area (Å²) in [7, 11) is 0. The molecule has 0 saturated heterocycles. The van der Waals surface area contributed by atoms with Gasteiger partial charge in [-0.25, -0.2) is 0 Å². The number of nitriles is 1. The Morgan fingerprint density at radius 3 is 3.05 bits per heavy atom. The third-order valence-electron chi connectivity index (χ3n) is 3.16. The van der Waals surface area contributed by atoms with Crippen LogP contribution in [-0.2, 0) is 0 Å². The Kier molecular flexibility index (Phi) is 3.28. The molecule has 1 N–H and O–H groups in total. The second-order valence-electron chi connectivity index (χ2n) is 4.59. The number of rotatable bonds is 2. The third kappa shape index (κ3) is 2.23. The quantitative estimate of drug-likeness (QED) is 0.846. The smallest absolute Gasteiger partial charge is 0.198 e. The van der Waals surface area contributed by atoms with E-state index in [9.17, 15) is 9.90 Å². The molecule has 1 aliphatic heterocycles. The van der Waals surface area contributed by atoms with E-state index in [2.05, 4.69) is 11.1 Å². The molecule has 0 saturated carbocycles. The van der Waals surface area contributed by atoms with Crippen LogP contribution in [0, 0.1) is 17.4 Å². The molecule has 1 aliphatic carbocycles. The number of carbonyl (C=O) groups is 1. The Hall–Kier alpha value is -2.16. The highest BCUT2D eigenvalue weighted by molar-refractivity contribution is 7.10. The number of aliphatic hydroxyl groups is 1. The molecule has 0 bridgehead atoms. The Morgan fingerprint density at radius 1 is 1.62 bits per heavy atom. The van der Waals surface area contributed by atoms with Gasteiger partial charge in [-0.15, -0.1) is 11.3 Å². The first kappa shape index (κ1) is 13.8. The predicted octanol–water partition coefficient (Wildman–Crippen LogP) is 3.67. The number of allylic oxidation sites excluding steroid dienone is 5. The minimum Gasteiger partial charge on any atom is -0.506 e. The van der Waals surface area contributed by atoms with Crippen molar-refractivity contribution in [3.63, 3.8) is 0 Å². The normalized spacial score (nSPS) is 17.4. The van der Waals surface area contributed by atoms with Crippen molar-refractivity contribution in [3.05, 3.63) is 55.6 Å². The van der Waals surface area contributed by atoms with E-state index in [1.54, 1.807) is 12.3 Å². The van der Waals surface area contributed by atoms with Gasteiger partial charge in [0.15, 0.2) is 5.78 Å². The molecule has 2 aliphatic rings. The molecule has 3 rings (SSSR count). The van der Waals surface area contributed by atoms with Crippen molar-refractivity contribution in [1.29, 1.82) is 5.26 Å². The first-order valence-electron chi connectivity index (χ1n) is 6.05. The summed E-state index contributed by atoms with van der Waals surface area (Å²) in [6, 6.07) is 3.48. The predicted molar refractivity (Wildman–Crippen MR) is 80.4 cm³/mol. The van der Waals surface area contributed by atoms with Gasteiger partial charge in [0.1, 0.15) is 16.7 Å². The number of nitrogens with zero attached hydrogens (tertiary/aromatic N) is 2. The zero-order valence-corrected chi connectivity index (χ0v) is 12.5. The molecule has 1 aromatic rings. The Morgan fingerprint density at radius 2 is 2.38 bits per heavy atom. The number of Topliss-reactive ketones (excluding diaryl/α,β-unsaturated/α-hetero) is 1. The van der Waals surface area contributed by atoms with Crippen LogP contribution in [0.1, 0.15) is 28.6 Å². The zero-order valence-electron chi connectivity index (χ0n) is 10.9. The highest BCUT2D eigenvalue weighted by Gasteiger charge is 2.32. The maximum absolute atomic E-state index is 12.6. The number of ketones is 1. The van der Waals surface area contributed by atoms with Gasteiger partial charge in [0.2, 0.25) is 0 Å². The standard InChI is InChI=1S/C15H8ClN2O2S/c1-7-2-10-12(18-7)4-11(16)15(20)13(10)14(19)8-3-9(5-17)21-6-8/h3,6,20H,4H2,1H3. The summed E-state index contributed by atoms with van der Waals surface area (Å²) in [6.45, 7) is 1.77. The van der Waals surface area contributed by atoms with Crippen molar-refractivity contribution in [2.24, 2.45) is 4.99 Å². The molecule has 6 heteroatoms. The van der Waals surface area contributed by atoms with Crippen LogP contribution in [-0.4, -0.2) is 16.6 Å². The average molecular weight is 316 g/mol. The number of hydrogen-bond donors (Lipinski definition) is 1. The molecule has 2 heterocycles. The van der Waals surface area contributed by atoms with E-state index in [1.807, 2.05) is 6.07 Å². The van der Waals surface area contributed by atoms with Crippen LogP contribution < -0.4 is 0 Å². The number of fused-ring (bicyclic) bond motifs is 1. The molecule has 0 fully saturated rings. The summed E-state index contributed by atoms with van der Waals surface area (Å²) in [4.78, 5) is 17.3. The van der Waals surface area contributed by atoms with Crippen LogP contribution in [0.5, 0.6) is 0 Å². The minimum absolute atomic E-state index is 0.101. The molecule has 21 heavy (non-hydrogen) atoms. The van der Waals surface area contributed by atoms with E-state index < -0.39 is 0 Å². The van der Waals surface area contributed by atoms with Gasteiger partial charge in [0.05, 0.1) is 16.3 Å². The third-order valence-corrected chi connectivity index (χ3v) is 4.31. The minimum atomic E-state index is -0.381. The van der Waals surface area contributed by atoms with Gasteiger partial charge in [0, 0.05) is 34.7 Å². The maximum Gasteiger partial charge on any atom is 0.198 e. The fraction of sp³-hybridized carbons (Fsp3) is 0.133. The maximum atomic E-state index is 12.6. The molecule has 103 valence electrons. The Bertz CT molecular complexity index is 834. The summed E-state index contributed by atoms with van der Waals surface area (Å²) >= 11 is 7.19. The number of halogens is 1. The van der Waals surface area contributed by atoms with Gasteiger partial charge < -0.3 is 5.11 Å². The molecular formula is C15H8ClN2O2S. The van der Waals surface area contributed by atoms with E-state index in [-0.39, 0.29) is 28.6 Å². The number of aliphatic hydroxyl groups excluding tert-OH is 1. The molecule has 1 aromatic heterocycles. The van der Waals surface area contributed by atoms with Crippen molar-refractivity contribution in [1.82, 2.24) is 0 Å². The number of aliphatic imine (C=N–C) groups is 1. The Balaban J connectivity index is 2.14. The summed E-state index contributed by atoms with van der Waals surface area (Å²) in [6.07, 6.45) is 3.27. The summed E-state index contributed by atoms with van der Waals surface area (Å²) in [5.41, 5.74) is 2.22. The lowest BCUT2D eigenvalue weighted by Gasteiger charge is -2.16. The second-order valence-corrected chi connectivity index (χ2v) is 5.96. The molecule has 0 unspecified atom stereocenters. The lowest BCUT2D eigenvalue weighted by atomic mass is 9.90. The first-order chi connectivity index (χ1) is 10.0. The molecule has 0 amide bonds. The van der Waals surface area contributed by atoms with Crippen molar-refractivity contribution >= 4 is 34.4 Å². The van der Waals surface area contributed by atoms with Crippen molar-refractivity contribution < 1.29 is 9.90 Å². The second kappa shape index (κ2) is 4.99. The van der Waals surface area contributed by atoms with E-state index in [0.29, 0.717) is 27.4 Å². The highest BCUT2D eigenvalue weighted by Crippen LogP contribution is 2.36. The summed E-state index contributed by atoms with van der Waals surface area (Å²) < 4.78 is 0. The first-order valence-corrected chi connectivity index (χ1v) is 7.31. The fourth-order valence-electron chi connectivity index (χ4n) is 2.24. The van der Waals surface area contributed by atoms with Crippen LogP contribution in [0.4, 0.5) is 0 Å². The van der Waals surface area contributed by atoms with Crippen LogP contribution in [0.2, 0.25) is 0 Å². The lowest BCUT2D eigenvalue weighted by molar-refractivity contribution is 0.103. The molecular weight excluding hydrogens is 308 g/mol. The number of carbonyl (C=O) groups excluding carboxylic acids is 1. The van der Waals surface area contributed by atoms with E-state index >= 15 is 0 Å². The lowest BCUT2D eigenvalue weighted by Crippen LogP contribution is -2.17. The molecule has 0 atom stereocenters. The van der Waals surface area contributed by atoms with Crippen molar-refractivity contribution in [2.45, 2.75) is 13.3 Å². The molecule has 0 aromatic carbocycles. The van der Waals surface area contributed by atoms with Crippen LogP contribution >= 0.6 is 22.9 Å². The van der Waals surface area contributed by atoms with Gasteiger partial charge >= 0.3 is 0 Å².